The summed E-state index contributed by atoms with van der Waals surface area (Å²) in [5.41, 5.74) is 4.85. The van der Waals surface area contributed by atoms with Crippen LogP contribution < -0.4 is 24.5 Å². The maximum Gasteiger partial charge on any atom is 0.338 e. The smallest absolute Gasteiger partial charge is 0.338 e. The number of carbonyl (C=O) groups is 1. The van der Waals surface area contributed by atoms with Crippen LogP contribution in [0.25, 0.3) is 6.08 Å². The highest BCUT2D eigenvalue weighted by Crippen LogP contribution is 2.33. The molecule has 0 aliphatic carbocycles. The Kier molecular flexibility index (Phi) is 9.86. The van der Waals surface area contributed by atoms with Gasteiger partial charge in [-0.15, -0.1) is 0 Å². The second-order valence-corrected chi connectivity index (χ2v) is 11.3. The van der Waals surface area contributed by atoms with Crippen molar-refractivity contribution >= 4 is 29.1 Å². The summed E-state index contributed by atoms with van der Waals surface area (Å²) >= 11 is 1.33. The number of aromatic nitrogens is 1. The SMILES string of the molecule is CCCC1=C(C(=O)OCC)[C@@H](c2ccc(C(C)C)cc2)n2c(s/c(=C\c3ccc(N(CC)CC)cc3OC)c2=O)=N1. The Morgan fingerprint density at radius 3 is 2.39 bits per heavy atom. The molecule has 1 atom stereocenters. The lowest BCUT2D eigenvalue weighted by Gasteiger charge is -2.26. The second kappa shape index (κ2) is 13.3. The first-order valence-electron chi connectivity index (χ1n) is 14.5. The van der Waals surface area contributed by atoms with Crippen molar-refractivity contribution in [3.63, 3.8) is 0 Å². The van der Waals surface area contributed by atoms with Gasteiger partial charge in [-0.05, 0) is 62.4 Å². The topological polar surface area (TPSA) is 73.1 Å². The Hall–Kier alpha value is -3.65. The summed E-state index contributed by atoms with van der Waals surface area (Å²) in [6.07, 6.45) is 3.28. The molecule has 4 rings (SSSR count). The van der Waals surface area contributed by atoms with Gasteiger partial charge in [0.15, 0.2) is 4.80 Å². The lowest BCUT2D eigenvalue weighted by atomic mass is 9.92. The Morgan fingerprint density at radius 2 is 1.80 bits per heavy atom. The zero-order chi connectivity index (χ0) is 29.7. The van der Waals surface area contributed by atoms with Crippen LogP contribution in [0.15, 0.2) is 63.5 Å². The van der Waals surface area contributed by atoms with Crippen LogP contribution >= 0.6 is 11.3 Å². The largest absolute Gasteiger partial charge is 0.496 e. The number of fused-ring (bicyclic) bond motifs is 1. The second-order valence-electron chi connectivity index (χ2n) is 10.3. The standard InChI is InChI=1S/C33H41N3O4S/c1-8-12-26-29(32(38)40-11-4)30(23-15-13-22(14-16-23)21(5)6)36-31(37)28(41-33(36)34-26)19-24-17-18-25(20-27(24)39-7)35(9-2)10-3/h13-21,30H,8-12H2,1-7H3/b28-19-/t30-/m1/s1. The maximum absolute atomic E-state index is 14.1. The molecule has 0 saturated heterocycles. The van der Waals surface area contributed by atoms with E-state index in [1.54, 1.807) is 18.6 Å². The first kappa shape index (κ1) is 30.3. The van der Waals surface area contributed by atoms with E-state index in [1.807, 2.05) is 30.3 Å². The predicted molar refractivity (Wildman–Crippen MR) is 167 cm³/mol. The zero-order valence-corrected chi connectivity index (χ0v) is 26.0. The fourth-order valence-corrected chi connectivity index (χ4v) is 6.26. The number of methoxy groups -OCH3 is 1. The third-order valence-electron chi connectivity index (χ3n) is 7.44. The number of hydrogen-bond donors (Lipinski definition) is 0. The fraction of sp³-hybridized carbons (Fsp3) is 0.424. The molecule has 218 valence electrons. The quantitative estimate of drug-likeness (QED) is 0.280. The van der Waals surface area contributed by atoms with E-state index in [0.29, 0.717) is 38.7 Å². The van der Waals surface area contributed by atoms with E-state index in [9.17, 15) is 9.59 Å². The summed E-state index contributed by atoms with van der Waals surface area (Å²) < 4.78 is 13.4. The average Bonchev–Trinajstić information content (AvgIpc) is 3.28. The minimum Gasteiger partial charge on any atom is -0.496 e. The molecule has 41 heavy (non-hydrogen) atoms. The van der Waals surface area contributed by atoms with Crippen LogP contribution in [0.1, 0.15) is 83.0 Å². The molecule has 0 fully saturated rings. The molecule has 0 spiro atoms. The van der Waals surface area contributed by atoms with Gasteiger partial charge in [-0.2, -0.15) is 0 Å². The molecular formula is C33H41N3O4S. The van der Waals surface area contributed by atoms with E-state index in [0.717, 1.165) is 36.3 Å². The van der Waals surface area contributed by atoms with Crippen molar-refractivity contribution in [1.29, 1.82) is 0 Å². The Labute approximate surface area is 246 Å². The molecule has 0 saturated carbocycles. The lowest BCUT2D eigenvalue weighted by molar-refractivity contribution is -0.139. The molecule has 2 aromatic carbocycles. The van der Waals surface area contributed by atoms with Gasteiger partial charge in [0.1, 0.15) is 5.75 Å². The molecule has 0 bridgehead atoms. The first-order chi connectivity index (χ1) is 19.8. The van der Waals surface area contributed by atoms with Gasteiger partial charge in [-0.1, -0.05) is 62.8 Å². The predicted octanol–water partition coefficient (Wildman–Crippen LogP) is 5.56. The van der Waals surface area contributed by atoms with Gasteiger partial charge in [-0.3, -0.25) is 9.36 Å². The molecule has 7 nitrogen and oxygen atoms in total. The number of nitrogens with zero attached hydrogens (tertiary/aromatic N) is 3. The molecule has 3 aromatic rings. The number of allylic oxidation sites excluding steroid dienone is 1. The number of ether oxygens (including phenoxy) is 2. The molecule has 1 aliphatic heterocycles. The van der Waals surface area contributed by atoms with Crippen LogP contribution in [0.5, 0.6) is 5.75 Å². The fourth-order valence-electron chi connectivity index (χ4n) is 5.25. The van der Waals surface area contributed by atoms with Crippen LogP contribution in [0, 0.1) is 0 Å². The van der Waals surface area contributed by atoms with Gasteiger partial charge in [0.25, 0.3) is 5.56 Å². The Balaban J connectivity index is 1.94. The third-order valence-corrected chi connectivity index (χ3v) is 8.43. The number of benzene rings is 2. The molecule has 1 aromatic heterocycles. The summed E-state index contributed by atoms with van der Waals surface area (Å²) in [5, 5.41) is 0. The monoisotopic (exact) mass is 575 g/mol. The third kappa shape index (κ3) is 6.17. The van der Waals surface area contributed by atoms with Gasteiger partial charge in [0.05, 0.1) is 35.6 Å². The van der Waals surface area contributed by atoms with Crippen molar-refractivity contribution in [2.75, 3.05) is 31.7 Å². The molecule has 0 N–H and O–H groups in total. The minimum absolute atomic E-state index is 0.195. The van der Waals surface area contributed by atoms with Crippen molar-refractivity contribution in [3.05, 3.63) is 90.1 Å². The molecular weight excluding hydrogens is 534 g/mol. The van der Waals surface area contributed by atoms with Gasteiger partial charge >= 0.3 is 5.97 Å². The van der Waals surface area contributed by atoms with Crippen molar-refractivity contribution in [2.24, 2.45) is 4.99 Å². The van der Waals surface area contributed by atoms with Crippen LogP contribution in [-0.2, 0) is 9.53 Å². The van der Waals surface area contributed by atoms with Gasteiger partial charge in [0.2, 0.25) is 0 Å². The van der Waals surface area contributed by atoms with Crippen LogP contribution in [0.3, 0.4) is 0 Å². The molecule has 1 aliphatic rings. The van der Waals surface area contributed by atoms with Crippen molar-refractivity contribution < 1.29 is 14.3 Å². The number of thiazole rings is 1. The van der Waals surface area contributed by atoms with Crippen molar-refractivity contribution in [3.8, 4) is 5.75 Å². The number of esters is 1. The lowest BCUT2D eigenvalue weighted by Crippen LogP contribution is -2.40. The molecule has 0 unspecified atom stereocenters. The summed E-state index contributed by atoms with van der Waals surface area (Å²) in [6, 6.07) is 13.6. The van der Waals surface area contributed by atoms with Gasteiger partial charge in [0, 0.05) is 30.4 Å². The normalized spacial score (nSPS) is 15.1. The van der Waals surface area contributed by atoms with Gasteiger partial charge < -0.3 is 14.4 Å². The summed E-state index contributed by atoms with van der Waals surface area (Å²) in [7, 11) is 1.64. The number of anilines is 1. The maximum atomic E-state index is 14.1. The van der Waals surface area contributed by atoms with E-state index < -0.39 is 12.0 Å². The minimum atomic E-state index is -0.623. The first-order valence-corrected chi connectivity index (χ1v) is 15.3. The van der Waals surface area contributed by atoms with E-state index in [2.05, 4.69) is 57.7 Å². The highest BCUT2D eigenvalue weighted by Gasteiger charge is 2.34. The average molecular weight is 576 g/mol. The van der Waals surface area contributed by atoms with E-state index in [-0.39, 0.29) is 12.2 Å². The van der Waals surface area contributed by atoms with Crippen LogP contribution in [0.4, 0.5) is 5.69 Å². The number of hydrogen-bond acceptors (Lipinski definition) is 7. The highest BCUT2D eigenvalue weighted by molar-refractivity contribution is 7.07. The Morgan fingerprint density at radius 1 is 1.10 bits per heavy atom. The van der Waals surface area contributed by atoms with Crippen LogP contribution in [0.2, 0.25) is 0 Å². The summed E-state index contributed by atoms with van der Waals surface area (Å²) in [5.74, 6) is 0.630. The number of rotatable bonds is 11. The summed E-state index contributed by atoms with van der Waals surface area (Å²) in [6.45, 7) is 14.4. The zero-order valence-electron chi connectivity index (χ0n) is 25.2. The van der Waals surface area contributed by atoms with Crippen molar-refractivity contribution in [2.45, 2.75) is 66.3 Å². The van der Waals surface area contributed by atoms with E-state index in [1.165, 1.54) is 16.9 Å². The highest BCUT2D eigenvalue weighted by atomic mass is 32.1. The van der Waals surface area contributed by atoms with E-state index in [4.69, 9.17) is 14.5 Å². The molecule has 8 heteroatoms. The summed E-state index contributed by atoms with van der Waals surface area (Å²) in [4.78, 5) is 35.2. The number of carbonyl (C=O) groups excluding carboxylic acids is 1. The molecule has 2 heterocycles. The Bertz CT molecular complexity index is 1590. The van der Waals surface area contributed by atoms with E-state index >= 15 is 0 Å². The van der Waals surface area contributed by atoms with Crippen LogP contribution in [-0.4, -0.2) is 37.3 Å². The van der Waals surface area contributed by atoms with Crippen molar-refractivity contribution in [1.82, 2.24) is 4.57 Å². The molecule has 0 amide bonds. The molecule has 0 radical (unpaired) electrons. The van der Waals surface area contributed by atoms with Gasteiger partial charge in [-0.25, -0.2) is 9.79 Å².